The second kappa shape index (κ2) is 7.49. The summed E-state index contributed by atoms with van der Waals surface area (Å²) in [4.78, 5) is 28.3. The number of pyridine rings is 1. The van der Waals surface area contributed by atoms with Crippen LogP contribution in [0.15, 0.2) is 53.5 Å². The van der Waals surface area contributed by atoms with Crippen LogP contribution in [0.25, 0.3) is 5.65 Å². The number of ether oxygens (including phenoxy) is 2. The van der Waals surface area contributed by atoms with Crippen LogP contribution in [-0.4, -0.2) is 22.0 Å². The lowest BCUT2D eigenvalue weighted by molar-refractivity contribution is -0.147. The standard InChI is InChI=1S/C19H15N3O4/c1-13-5-4-8-22-17(23)9-15(21-19(13)22)11-26-18(24)12-25-16-7-3-2-6-14(16)10-20/h2-9H,11-12H2,1H3. The number of hydrogen-bond acceptors (Lipinski definition) is 6. The van der Waals surface area contributed by atoms with Crippen molar-refractivity contribution in [1.29, 1.82) is 5.26 Å². The predicted molar refractivity (Wildman–Crippen MR) is 92.6 cm³/mol. The smallest absolute Gasteiger partial charge is 0.344 e. The SMILES string of the molecule is Cc1cccn2c(=O)cc(COC(=O)COc3ccccc3C#N)nc12. The first kappa shape index (κ1) is 17.2. The summed E-state index contributed by atoms with van der Waals surface area (Å²) in [5, 5.41) is 8.98. The highest BCUT2D eigenvalue weighted by atomic mass is 16.6. The molecule has 0 radical (unpaired) electrons. The Hall–Kier alpha value is -3.66. The van der Waals surface area contributed by atoms with Gasteiger partial charge in [0.15, 0.2) is 6.61 Å². The Morgan fingerprint density at radius 1 is 1.27 bits per heavy atom. The number of rotatable bonds is 5. The first-order valence-corrected chi connectivity index (χ1v) is 7.84. The molecule has 3 aromatic rings. The fourth-order valence-corrected chi connectivity index (χ4v) is 2.40. The lowest BCUT2D eigenvalue weighted by atomic mass is 10.2. The second-order valence-electron chi connectivity index (χ2n) is 5.53. The van der Waals surface area contributed by atoms with Crippen molar-refractivity contribution in [2.75, 3.05) is 6.61 Å². The summed E-state index contributed by atoms with van der Waals surface area (Å²) in [5.41, 5.74) is 1.80. The maximum absolute atomic E-state index is 12.1. The van der Waals surface area contributed by atoms with Crippen molar-refractivity contribution in [2.24, 2.45) is 0 Å². The summed E-state index contributed by atoms with van der Waals surface area (Å²) < 4.78 is 11.9. The van der Waals surface area contributed by atoms with Crippen molar-refractivity contribution in [2.45, 2.75) is 13.5 Å². The van der Waals surface area contributed by atoms with Gasteiger partial charge in [-0.05, 0) is 30.7 Å². The molecular weight excluding hydrogens is 334 g/mol. The normalized spacial score (nSPS) is 10.3. The van der Waals surface area contributed by atoms with Crippen molar-refractivity contribution in [3.63, 3.8) is 0 Å². The fraction of sp³-hybridized carbons (Fsp3) is 0.158. The van der Waals surface area contributed by atoms with Gasteiger partial charge in [0.2, 0.25) is 0 Å². The molecule has 0 bridgehead atoms. The maximum Gasteiger partial charge on any atom is 0.344 e. The first-order chi connectivity index (χ1) is 12.6. The number of aromatic nitrogens is 2. The third-order valence-electron chi connectivity index (χ3n) is 3.67. The Morgan fingerprint density at radius 3 is 2.88 bits per heavy atom. The number of benzene rings is 1. The highest BCUT2D eigenvalue weighted by Crippen LogP contribution is 2.16. The molecule has 1 aromatic carbocycles. The molecular formula is C19H15N3O4. The van der Waals surface area contributed by atoms with Gasteiger partial charge in [-0.3, -0.25) is 9.20 Å². The van der Waals surface area contributed by atoms with E-state index in [2.05, 4.69) is 4.98 Å². The minimum Gasteiger partial charge on any atom is -0.481 e. The van der Waals surface area contributed by atoms with Crippen LogP contribution in [0, 0.1) is 18.3 Å². The molecule has 7 nitrogen and oxygen atoms in total. The number of nitriles is 1. The van der Waals surface area contributed by atoms with E-state index in [9.17, 15) is 9.59 Å². The van der Waals surface area contributed by atoms with Crippen LogP contribution in [0.5, 0.6) is 5.75 Å². The van der Waals surface area contributed by atoms with E-state index in [-0.39, 0.29) is 18.8 Å². The van der Waals surface area contributed by atoms with Crippen LogP contribution < -0.4 is 10.3 Å². The van der Waals surface area contributed by atoms with E-state index in [0.29, 0.717) is 22.7 Å². The van der Waals surface area contributed by atoms with Crippen molar-refractivity contribution < 1.29 is 14.3 Å². The number of hydrogen-bond donors (Lipinski definition) is 0. The van der Waals surface area contributed by atoms with Crippen LogP contribution in [-0.2, 0) is 16.1 Å². The number of esters is 1. The monoisotopic (exact) mass is 349 g/mol. The molecule has 0 N–H and O–H groups in total. The molecule has 0 unspecified atom stereocenters. The fourth-order valence-electron chi connectivity index (χ4n) is 2.40. The summed E-state index contributed by atoms with van der Waals surface area (Å²) in [6.07, 6.45) is 1.63. The molecule has 7 heteroatoms. The van der Waals surface area contributed by atoms with E-state index in [1.54, 1.807) is 36.5 Å². The largest absolute Gasteiger partial charge is 0.481 e. The van der Waals surface area contributed by atoms with Gasteiger partial charge >= 0.3 is 5.97 Å². The van der Waals surface area contributed by atoms with Crippen molar-refractivity contribution in [3.8, 4) is 11.8 Å². The topological polar surface area (TPSA) is 93.7 Å². The lowest BCUT2D eigenvalue weighted by Gasteiger charge is -2.09. The van der Waals surface area contributed by atoms with Crippen molar-refractivity contribution in [3.05, 3.63) is 75.8 Å². The van der Waals surface area contributed by atoms with E-state index in [0.717, 1.165) is 5.56 Å². The molecule has 0 fully saturated rings. The molecule has 0 aliphatic heterocycles. The van der Waals surface area contributed by atoms with Gasteiger partial charge < -0.3 is 9.47 Å². The van der Waals surface area contributed by atoms with E-state index in [1.807, 2.05) is 19.1 Å². The van der Waals surface area contributed by atoms with Crippen LogP contribution in [0.1, 0.15) is 16.8 Å². The first-order valence-electron chi connectivity index (χ1n) is 7.84. The third kappa shape index (κ3) is 3.70. The van der Waals surface area contributed by atoms with Gasteiger partial charge in [0.1, 0.15) is 24.1 Å². The van der Waals surface area contributed by atoms with Gasteiger partial charge in [-0.1, -0.05) is 18.2 Å². The zero-order valence-electron chi connectivity index (χ0n) is 14.0. The summed E-state index contributed by atoms with van der Waals surface area (Å²) in [6.45, 7) is 1.37. The minimum absolute atomic E-state index is 0.137. The number of carbonyl (C=O) groups excluding carboxylic acids is 1. The predicted octanol–water partition coefficient (Wildman–Crippen LogP) is 2.00. The second-order valence-corrected chi connectivity index (χ2v) is 5.53. The third-order valence-corrected chi connectivity index (χ3v) is 3.67. The van der Waals surface area contributed by atoms with E-state index in [4.69, 9.17) is 14.7 Å². The Bertz CT molecular complexity index is 1070. The van der Waals surface area contributed by atoms with Gasteiger partial charge in [0.05, 0.1) is 11.3 Å². The molecule has 0 saturated carbocycles. The zero-order chi connectivity index (χ0) is 18.5. The van der Waals surface area contributed by atoms with E-state index in [1.165, 1.54) is 10.5 Å². The van der Waals surface area contributed by atoms with Gasteiger partial charge in [0.25, 0.3) is 5.56 Å². The lowest BCUT2D eigenvalue weighted by Crippen LogP contribution is -2.19. The van der Waals surface area contributed by atoms with Crippen LogP contribution >= 0.6 is 0 Å². The molecule has 0 spiro atoms. The molecule has 0 aliphatic rings. The summed E-state index contributed by atoms with van der Waals surface area (Å²) in [5.74, 6) is -0.311. The molecule has 2 aromatic heterocycles. The molecule has 0 saturated heterocycles. The summed E-state index contributed by atoms with van der Waals surface area (Å²) >= 11 is 0. The molecule has 2 heterocycles. The number of para-hydroxylation sites is 1. The zero-order valence-corrected chi connectivity index (χ0v) is 14.0. The highest BCUT2D eigenvalue weighted by Gasteiger charge is 2.10. The minimum atomic E-state index is -0.621. The van der Waals surface area contributed by atoms with Crippen LogP contribution in [0.2, 0.25) is 0 Å². The van der Waals surface area contributed by atoms with Gasteiger partial charge in [-0.2, -0.15) is 5.26 Å². The molecule has 0 amide bonds. The van der Waals surface area contributed by atoms with Gasteiger partial charge in [-0.15, -0.1) is 0 Å². The Morgan fingerprint density at radius 2 is 2.08 bits per heavy atom. The molecule has 0 aliphatic carbocycles. The molecule has 3 rings (SSSR count). The molecule has 130 valence electrons. The van der Waals surface area contributed by atoms with Crippen molar-refractivity contribution in [1.82, 2.24) is 9.38 Å². The Kier molecular flexibility index (Phi) is 4.94. The molecule has 26 heavy (non-hydrogen) atoms. The average molecular weight is 349 g/mol. The average Bonchev–Trinajstić information content (AvgIpc) is 2.65. The number of fused-ring (bicyclic) bond motifs is 1. The summed E-state index contributed by atoms with van der Waals surface area (Å²) in [7, 11) is 0. The number of carbonyl (C=O) groups is 1. The van der Waals surface area contributed by atoms with Gasteiger partial charge in [-0.25, -0.2) is 9.78 Å². The van der Waals surface area contributed by atoms with Crippen LogP contribution in [0.4, 0.5) is 0 Å². The molecule has 0 atom stereocenters. The maximum atomic E-state index is 12.1. The quantitative estimate of drug-likeness (QED) is 0.654. The Balaban J connectivity index is 1.65. The summed E-state index contributed by atoms with van der Waals surface area (Å²) in [6, 6.07) is 13.5. The van der Waals surface area contributed by atoms with Gasteiger partial charge in [0, 0.05) is 12.3 Å². The van der Waals surface area contributed by atoms with E-state index < -0.39 is 5.97 Å². The van der Waals surface area contributed by atoms with Crippen molar-refractivity contribution >= 4 is 11.6 Å². The number of aryl methyl sites for hydroxylation is 1. The number of nitrogens with zero attached hydrogens (tertiary/aromatic N) is 3. The Labute approximate surface area is 149 Å². The highest BCUT2D eigenvalue weighted by molar-refractivity contribution is 5.71. The van der Waals surface area contributed by atoms with Crippen LogP contribution in [0.3, 0.4) is 0 Å². The van der Waals surface area contributed by atoms with E-state index >= 15 is 0 Å².